The molecule has 1 aromatic rings. The molecule has 3 aliphatic carbocycles. The van der Waals surface area contributed by atoms with E-state index in [9.17, 15) is 9.90 Å². The van der Waals surface area contributed by atoms with Crippen LogP contribution in [-0.2, 0) is 10.2 Å². The molecule has 0 heterocycles. The van der Waals surface area contributed by atoms with E-state index in [2.05, 4.69) is 38.1 Å². The van der Waals surface area contributed by atoms with Gasteiger partial charge in [-0.15, -0.1) is 0 Å². The van der Waals surface area contributed by atoms with Gasteiger partial charge < -0.3 is 5.11 Å². The summed E-state index contributed by atoms with van der Waals surface area (Å²) >= 11 is 0. The average Bonchev–Trinajstić information content (AvgIpc) is 2.49. The Morgan fingerprint density at radius 2 is 1.70 bits per heavy atom. The van der Waals surface area contributed by atoms with E-state index in [1.165, 1.54) is 11.1 Å². The summed E-state index contributed by atoms with van der Waals surface area (Å²) in [6, 6.07) is 9.00. The van der Waals surface area contributed by atoms with E-state index in [0.717, 1.165) is 38.5 Å². The van der Waals surface area contributed by atoms with Crippen LogP contribution < -0.4 is 0 Å². The standard InChI is InChI=1S/C18H24O2/c1-13(2)14-4-3-5-15(12-14)17-6-9-18(10-7-17,11-8-17)16(19)20/h3-5,12-13H,6-11H2,1-2H3,(H,19,20). The van der Waals surface area contributed by atoms with Gasteiger partial charge in [0.05, 0.1) is 5.41 Å². The van der Waals surface area contributed by atoms with Crippen LogP contribution in [0.2, 0.25) is 0 Å². The molecule has 0 amide bonds. The minimum absolute atomic E-state index is 0.252. The number of benzene rings is 1. The molecule has 3 aliphatic rings. The number of fused-ring (bicyclic) bond motifs is 3. The number of carbonyl (C=O) groups is 1. The highest BCUT2D eigenvalue weighted by molar-refractivity contribution is 5.75. The fourth-order valence-electron chi connectivity index (χ4n) is 4.17. The summed E-state index contributed by atoms with van der Waals surface area (Å²) in [7, 11) is 0. The Bertz CT molecular complexity index is 505. The van der Waals surface area contributed by atoms with E-state index in [0.29, 0.717) is 5.92 Å². The molecule has 20 heavy (non-hydrogen) atoms. The molecule has 0 aromatic heterocycles. The molecule has 0 radical (unpaired) electrons. The van der Waals surface area contributed by atoms with E-state index in [4.69, 9.17) is 0 Å². The van der Waals surface area contributed by atoms with Crippen molar-refractivity contribution in [3.63, 3.8) is 0 Å². The van der Waals surface area contributed by atoms with Crippen molar-refractivity contribution in [3.05, 3.63) is 35.4 Å². The minimum Gasteiger partial charge on any atom is -0.481 e. The summed E-state index contributed by atoms with van der Waals surface area (Å²) in [5.74, 6) is -0.0154. The molecular formula is C18H24O2. The molecule has 0 unspecified atom stereocenters. The lowest BCUT2D eigenvalue weighted by atomic mass is 9.52. The number of rotatable bonds is 3. The summed E-state index contributed by atoms with van der Waals surface area (Å²) in [5.41, 5.74) is 2.69. The highest BCUT2D eigenvalue weighted by Gasteiger charge is 2.53. The van der Waals surface area contributed by atoms with Gasteiger partial charge in [0.2, 0.25) is 0 Å². The fourth-order valence-corrected chi connectivity index (χ4v) is 4.17. The molecule has 2 bridgehead atoms. The molecule has 2 nitrogen and oxygen atoms in total. The Labute approximate surface area is 121 Å². The van der Waals surface area contributed by atoms with Gasteiger partial charge in [0, 0.05) is 0 Å². The smallest absolute Gasteiger partial charge is 0.309 e. The van der Waals surface area contributed by atoms with Crippen LogP contribution in [0.15, 0.2) is 24.3 Å². The Kier molecular flexibility index (Phi) is 3.15. The van der Waals surface area contributed by atoms with Crippen LogP contribution in [0.5, 0.6) is 0 Å². The highest BCUT2D eigenvalue weighted by atomic mass is 16.4. The van der Waals surface area contributed by atoms with Crippen molar-refractivity contribution in [2.75, 3.05) is 0 Å². The van der Waals surface area contributed by atoms with Crippen molar-refractivity contribution >= 4 is 5.97 Å². The van der Waals surface area contributed by atoms with Crippen LogP contribution in [0, 0.1) is 5.41 Å². The maximum atomic E-state index is 11.5. The SMILES string of the molecule is CC(C)c1cccc(C23CCC(C(=O)O)(CC2)CC3)c1. The summed E-state index contributed by atoms with van der Waals surface area (Å²) in [6.45, 7) is 4.46. The second-order valence-corrected chi connectivity index (χ2v) is 7.15. The van der Waals surface area contributed by atoms with Crippen LogP contribution in [-0.4, -0.2) is 11.1 Å². The molecule has 0 saturated heterocycles. The van der Waals surface area contributed by atoms with Crippen LogP contribution in [0.3, 0.4) is 0 Å². The van der Waals surface area contributed by atoms with Crippen molar-refractivity contribution < 1.29 is 9.90 Å². The first-order chi connectivity index (χ1) is 9.47. The third kappa shape index (κ3) is 1.97. The number of hydrogen-bond donors (Lipinski definition) is 1. The number of hydrogen-bond acceptors (Lipinski definition) is 1. The van der Waals surface area contributed by atoms with Gasteiger partial charge in [-0.05, 0) is 61.0 Å². The maximum Gasteiger partial charge on any atom is 0.309 e. The van der Waals surface area contributed by atoms with Gasteiger partial charge in [0.1, 0.15) is 0 Å². The van der Waals surface area contributed by atoms with E-state index in [-0.39, 0.29) is 5.41 Å². The summed E-state index contributed by atoms with van der Waals surface area (Å²) < 4.78 is 0. The first-order valence-corrected chi connectivity index (χ1v) is 7.81. The van der Waals surface area contributed by atoms with E-state index >= 15 is 0 Å². The topological polar surface area (TPSA) is 37.3 Å². The van der Waals surface area contributed by atoms with Gasteiger partial charge >= 0.3 is 5.97 Å². The van der Waals surface area contributed by atoms with Gasteiger partial charge in [-0.25, -0.2) is 0 Å². The second kappa shape index (κ2) is 4.61. The minimum atomic E-state index is -0.568. The van der Waals surface area contributed by atoms with E-state index in [1.807, 2.05) is 0 Å². The quantitative estimate of drug-likeness (QED) is 0.880. The molecule has 3 saturated carbocycles. The Balaban J connectivity index is 1.89. The molecule has 0 atom stereocenters. The number of carboxylic acids is 1. The van der Waals surface area contributed by atoms with Crippen LogP contribution in [0.4, 0.5) is 0 Å². The van der Waals surface area contributed by atoms with Gasteiger partial charge in [-0.3, -0.25) is 4.79 Å². The van der Waals surface area contributed by atoms with Gasteiger partial charge in [0.25, 0.3) is 0 Å². The van der Waals surface area contributed by atoms with Crippen molar-refractivity contribution in [3.8, 4) is 0 Å². The lowest BCUT2D eigenvalue weighted by molar-refractivity contribution is -0.156. The highest BCUT2D eigenvalue weighted by Crippen LogP contribution is 2.57. The summed E-state index contributed by atoms with van der Waals surface area (Å²) in [6.07, 6.45) is 5.69. The molecule has 2 heteroatoms. The number of aliphatic carboxylic acids is 1. The molecule has 0 aliphatic heterocycles. The lowest BCUT2D eigenvalue weighted by Crippen LogP contribution is -2.47. The third-order valence-electron chi connectivity index (χ3n) is 5.87. The Morgan fingerprint density at radius 3 is 2.20 bits per heavy atom. The molecule has 3 fully saturated rings. The fraction of sp³-hybridized carbons (Fsp3) is 0.611. The number of carboxylic acid groups (broad SMARTS) is 1. The predicted octanol–water partition coefficient (Wildman–Crippen LogP) is 4.49. The van der Waals surface area contributed by atoms with Crippen molar-refractivity contribution in [2.24, 2.45) is 5.41 Å². The van der Waals surface area contributed by atoms with Crippen molar-refractivity contribution in [2.45, 2.75) is 63.7 Å². The lowest BCUT2D eigenvalue weighted by Gasteiger charge is -2.51. The van der Waals surface area contributed by atoms with Crippen LogP contribution in [0.1, 0.15) is 69.4 Å². The normalized spacial score (nSPS) is 32.5. The Hall–Kier alpha value is -1.31. The van der Waals surface area contributed by atoms with Crippen LogP contribution >= 0.6 is 0 Å². The van der Waals surface area contributed by atoms with Crippen molar-refractivity contribution in [1.29, 1.82) is 0 Å². The van der Waals surface area contributed by atoms with Gasteiger partial charge in [0.15, 0.2) is 0 Å². The molecule has 4 rings (SSSR count). The van der Waals surface area contributed by atoms with E-state index < -0.39 is 11.4 Å². The molecule has 108 valence electrons. The van der Waals surface area contributed by atoms with E-state index in [1.54, 1.807) is 0 Å². The summed E-state index contributed by atoms with van der Waals surface area (Å²) in [5, 5.41) is 9.48. The monoisotopic (exact) mass is 272 g/mol. The zero-order valence-corrected chi connectivity index (χ0v) is 12.5. The molecule has 0 spiro atoms. The molecule has 1 N–H and O–H groups in total. The molecular weight excluding hydrogens is 248 g/mol. The Morgan fingerprint density at radius 1 is 1.10 bits per heavy atom. The second-order valence-electron chi connectivity index (χ2n) is 7.15. The average molecular weight is 272 g/mol. The first kappa shape index (κ1) is 13.7. The summed E-state index contributed by atoms with van der Waals surface area (Å²) in [4.78, 5) is 11.5. The largest absolute Gasteiger partial charge is 0.481 e. The van der Waals surface area contributed by atoms with Crippen LogP contribution in [0.25, 0.3) is 0 Å². The zero-order valence-electron chi connectivity index (χ0n) is 12.5. The predicted molar refractivity (Wildman–Crippen MR) is 80.0 cm³/mol. The van der Waals surface area contributed by atoms with Crippen molar-refractivity contribution in [1.82, 2.24) is 0 Å². The zero-order chi connectivity index (χ0) is 14.4. The van der Waals surface area contributed by atoms with Gasteiger partial charge in [-0.1, -0.05) is 38.1 Å². The third-order valence-corrected chi connectivity index (χ3v) is 5.87. The van der Waals surface area contributed by atoms with Gasteiger partial charge in [-0.2, -0.15) is 0 Å². The first-order valence-electron chi connectivity index (χ1n) is 7.81. The molecule has 1 aromatic carbocycles. The maximum absolute atomic E-state index is 11.5.